The number of aliphatic hydroxyl groups is 2. The van der Waals surface area contributed by atoms with Crippen LogP contribution in [0.25, 0.3) is 10.9 Å². The van der Waals surface area contributed by atoms with Crippen LogP contribution in [0, 0.1) is 17.8 Å². The lowest BCUT2D eigenvalue weighted by molar-refractivity contribution is -0.142. The Balaban J connectivity index is 1.86. The Kier molecular flexibility index (Phi) is 40.5. The molecule has 0 radical (unpaired) electrons. The van der Waals surface area contributed by atoms with E-state index in [0.29, 0.717) is 28.5 Å². The SMILES string of the molecule is CCCCCCCC(=O)N[C@@H](C(=O)N[C@H](CCN)C(=O)N(C)CC(=O)N[C@H](CO)C(=O)N[C@H](Cc1c[nH]c2ccccc12)C(=O)N[C@@H](CO)C(=O)N[C@@H](CCN)C(=O)N[C@H](CCN)C(=O)N[C@@H](Cc1ccccc1)C(=O)N[C@@H](CCC(=O)O)C(=O)N[C@H](C(=O)N[C@@H](C(=O)N[C@@H](C)C(=O)O)C(C)C)C(C)C)C(C)C. The van der Waals surface area contributed by atoms with Crippen LogP contribution in [0.2, 0.25) is 0 Å². The number of carbonyl (C=O) groups is 15. The van der Waals surface area contributed by atoms with Gasteiger partial charge in [-0.2, -0.15) is 0 Å². The van der Waals surface area contributed by atoms with Crippen LogP contribution in [0.15, 0.2) is 60.8 Å². The molecule has 0 aliphatic rings. The summed E-state index contributed by atoms with van der Waals surface area (Å²) in [7, 11) is 1.25. The van der Waals surface area contributed by atoms with Crippen molar-refractivity contribution in [3.63, 3.8) is 0 Å². The first-order valence-corrected chi connectivity index (χ1v) is 36.4. The first kappa shape index (κ1) is 92.0. The average molecular weight is 1520 g/mol. The molecule has 0 saturated heterocycles. The van der Waals surface area contributed by atoms with Gasteiger partial charge in [-0.25, -0.2) is 0 Å². The molecule has 0 bridgehead atoms. The number of H-pyrrole nitrogens is 1. The molecule has 2 aromatic carbocycles. The van der Waals surface area contributed by atoms with Gasteiger partial charge < -0.3 is 111 Å². The number of fused-ring (bicyclic) bond motifs is 1. The van der Waals surface area contributed by atoms with Gasteiger partial charge in [-0.1, -0.05) is 123 Å². The summed E-state index contributed by atoms with van der Waals surface area (Å²) in [6, 6.07) is -2.91. The number of para-hydroxylation sites is 1. The van der Waals surface area contributed by atoms with E-state index in [-0.39, 0.29) is 70.0 Å². The molecule has 0 unspecified atom stereocenters. The summed E-state index contributed by atoms with van der Waals surface area (Å²) in [5.74, 6) is -16.3. The zero-order chi connectivity index (χ0) is 80.9. The molecule has 108 heavy (non-hydrogen) atoms. The maximum atomic E-state index is 14.5. The third kappa shape index (κ3) is 31.0. The number of aliphatic carboxylic acids is 2. The van der Waals surface area contributed by atoms with Crippen molar-refractivity contribution < 1.29 is 92.3 Å². The number of aromatic nitrogens is 1. The highest BCUT2D eigenvalue weighted by Gasteiger charge is 2.38. The number of aromatic amines is 1. The number of unbranched alkanes of at least 4 members (excludes halogenated alkanes) is 4. The molecule has 1 aromatic heterocycles. The van der Waals surface area contributed by atoms with Crippen molar-refractivity contribution in [2.75, 3.05) is 46.4 Å². The fraction of sp³-hybridized carbons (Fsp3) is 0.597. The summed E-state index contributed by atoms with van der Waals surface area (Å²) < 4.78 is 0. The number of nitrogens with zero attached hydrogens (tertiary/aromatic N) is 1. The van der Waals surface area contributed by atoms with Gasteiger partial charge in [-0.15, -0.1) is 0 Å². The Morgan fingerprint density at radius 1 is 0.426 bits per heavy atom. The van der Waals surface area contributed by atoms with Crippen LogP contribution in [-0.4, -0.2) is 238 Å². The minimum atomic E-state index is -1.87. The quantitative estimate of drug-likeness (QED) is 0.0245. The molecule has 3 rings (SSSR count). The second-order valence-electron chi connectivity index (χ2n) is 27.5. The number of nitrogens with one attached hydrogen (secondary N) is 13. The molecule has 23 N–H and O–H groups in total. The lowest BCUT2D eigenvalue weighted by atomic mass is 9.98. The van der Waals surface area contributed by atoms with E-state index in [2.05, 4.69) is 75.7 Å². The van der Waals surface area contributed by atoms with E-state index >= 15 is 0 Å². The first-order valence-electron chi connectivity index (χ1n) is 36.4. The molecule has 36 heteroatoms. The van der Waals surface area contributed by atoms with Crippen molar-refractivity contribution in [3.8, 4) is 0 Å². The third-order valence-corrected chi connectivity index (χ3v) is 17.6. The van der Waals surface area contributed by atoms with Gasteiger partial charge in [0, 0.05) is 49.8 Å². The topological polar surface area (TPSA) is 578 Å². The fourth-order valence-corrected chi connectivity index (χ4v) is 11.3. The molecule has 600 valence electrons. The molecule has 0 aliphatic carbocycles. The maximum Gasteiger partial charge on any atom is 0.325 e. The van der Waals surface area contributed by atoms with E-state index in [1.165, 1.54) is 14.0 Å². The summed E-state index contributed by atoms with van der Waals surface area (Å²) in [4.78, 5) is 208. The number of carbonyl (C=O) groups excluding carboxylic acids is 13. The van der Waals surface area contributed by atoms with E-state index < -0.39 is 200 Å². The van der Waals surface area contributed by atoms with E-state index in [1.54, 1.807) is 102 Å². The highest BCUT2D eigenvalue weighted by Crippen LogP contribution is 2.20. The molecule has 0 spiro atoms. The minimum absolute atomic E-state index is 0.0628. The maximum absolute atomic E-state index is 14.5. The van der Waals surface area contributed by atoms with Crippen LogP contribution in [0.3, 0.4) is 0 Å². The van der Waals surface area contributed by atoms with Gasteiger partial charge in [-0.05, 0) is 93.6 Å². The van der Waals surface area contributed by atoms with E-state index in [4.69, 9.17) is 17.2 Å². The average Bonchev–Trinajstić information content (AvgIpc) is 1.62. The Morgan fingerprint density at radius 2 is 0.833 bits per heavy atom. The number of carboxylic acid groups (broad SMARTS) is 2. The fourth-order valence-electron chi connectivity index (χ4n) is 11.3. The van der Waals surface area contributed by atoms with Crippen LogP contribution in [0.5, 0.6) is 0 Å². The molecule has 12 atom stereocenters. The molecule has 1 heterocycles. The minimum Gasteiger partial charge on any atom is -0.481 e. The highest BCUT2D eigenvalue weighted by atomic mass is 16.4. The molecule has 0 fully saturated rings. The highest BCUT2D eigenvalue weighted by molar-refractivity contribution is 6.00. The second-order valence-corrected chi connectivity index (χ2v) is 27.5. The Morgan fingerprint density at radius 3 is 1.34 bits per heavy atom. The molecule has 0 saturated carbocycles. The summed E-state index contributed by atoms with van der Waals surface area (Å²) >= 11 is 0. The second kappa shape index (κ2) is 47.5. The predicted octanol–water partition coefficient (Wildman–Crippen LogP) is -3.44. The van der Waals surface area contributed by atoms with Crippen LogP contribution in [0.4, 0.5) is 0 Å². The number of rotatable bonds is 50. The van der Waals surface area contributed by atoms with Gasteiger partial charge in [0.15, 0.2) is 0 Å². The molecular formula is C72H113N17O19. The van der Waals surface area contributed by atoms with E-state index in [1.807, 2.05) is 0 Å². The number of amides is 13. The van der Waals surface area contributed by atoms with Crippen molar-refractivity contribution in [1.29, 1.82) is 0 Å². The van der Waals surface area contributed by atoms with Crippen LogP contribution >= 0.6 is 0 Å². The Bertz CT molecular complexity index is 3500. The van der Waals surface area contributed by atoms with E-state index in [0.717, 1.165) is 30.6 Å². The number of benzene rings is 2. The molecule has 0 aliphatic heterocycles. The van der Waals surface area contributed by atoms with Crippen LogP contribution in [-0.2, 0) is 84.8 Å². The largest absolute Gasteiger partial charge is 0.481 e. The van der Waals surface area contributed by atoms with Crippen molar-refractivity contribution in [2.45, 2.75) is 211 Å². The standard InChI is InChI=1S/C72H113N17O19/c1-10-11-12-13-17-24-55(92)86-58(39(2)3)69(104)82-50(29-32-75)71(106)89(9)36-56(93)78-53(37-90)66(101)84-52(34-44-35-76-46-23-19-18-22-45(44)46)65(100)85-54(38-91)67(102)81-48(27-30-73)61(96)80-49(28-31-74)62(97)83-51(33-43-20-15-14-16-21-43)64(99)79-47(25-26-57(94)95)63(98)87-60(41(6)7)70(105)88-59(40(4)5)68(103)77-42(8)72(107)108/h14-16,18-23,35,39-42,47-54,58-60,76,90-91H,10-13,17,24-34,36-38,73-75H2,1-9H3,(H,77,103)(H,78,93)(H,79,99)(H,80,96)(H,81,102)(H,82,104)(H,83,97)(H,84,101)(H,85,100)(H,86,92)(H,87,98)(H,88,105)(H,94,95)(H,107,108)/t42-,47-,48-,49+,50+,51-,52+,53+,54-,58+,59+,60-/m0/s1. The number of carboxylic acids is 2. The van der Waals surface area contributed by atoms with Crippen molar-refractivity contribution >= 4 is 99.6 Å². The summed E-state index contributed by atoms with van der Waals surface area (Å²) in [5, 5.41) is 70.7. The molecule has 36 nitrogen and oxygen atoms in total. The third-order valence-electron chi connectivity index (χ3n) is 17.6. The first-order chi connectivity index (χ1) is 51.1. The van der Waals surface area contributed by atoms with Crippen molar-refractivity contribution in [3.05, 3.63) is 71.9 Å². The van der Waals surface area contributed by atoms with Gasteiger partial charge in [0.05, 0.1) is 19.8 Å². The zero-order valence-electron chi connectivity index (χ0n) is 63.0. The van der Waals surface area contributed by atoms with Gasteiger partial charge in [-0.3, -0.25) is 71.9 Å². The van der Waals surface area contributed by atoms with E-state index in [9.17, 15) is 92.3 Å². The Hall–Kier alpha value is -10.2. The molecule has 3 aromatic rings. The number of aliphatic hydroxyl groups excluding tert-OH is 2. The normalized spacial score (nSPS) is 14.6. The lowest BCUT2D eigenvalue weighted by Crippen LogP contribution is -2.62. The number of likely N-dealkylation sites (N-methyl/N-ethyl adjacent to an activating group) is 1. The predicted molar refractivity (Wildman–Crippen MR) is 396 cm³/mol. The number of hydrogen-bond donors (Lipinski definition) is 20. The van der Waals surface area contributed by atoms with Crippen LogP contribution < -0.4 is 81.0 Å². The van der Waals surface area contributed by atoms with Gasteiger partial charge in [0.1, 0.15) is 72.5 Å². The molecule has 13 amide bonds. The van der Waals surface area contributed by atoms with Gasteiger partial charge >= 0.3 is 11.9 Å². The number of nitrogens with two attached hydrogens (primary N) is 3. The summed E-state index contributed by atoms with van der Waals surface area (Å²) in [6.45, 7) is 9.57. The lowest BCUT2D eigenvalue weighted by Gasteiger charge is -2.29. The van der Waals surface area contributed by atoms with Gasteiger partial charge in [0.2, 0.25) is 76.8 Å². The van der Waals surface area contributed by atoms with Crippen molar-refractivity contribution in [1.82, 2.24) is 73.7 Å². The smallest absolute Gasteiger partial charge is 0.325 e. The van der Waals surface area contributed by atoms with Crippen molar-refractivity contribution in [2.24, 2.45) is 35.0 Å². The monoisotopic (exact) mass is 1520 g/mol. The zero-order valence-corrected chi connectivity index (χ0v) is 63.0. The Labute approximate surface area is 628 Å². The summed E-state index contributed by atoms with van der Waals surface area (Å²) in [6.07, 6.45) is 3.82. The van der Waals surface area contributed by atoms with Gasteiger partial charge in [0.25, 0.3) is 0 Å². The number of hydrogen-bond acceptors (Lipinski definition) is 20. The molecular weight excluding hydrogens is 1410 g/mol. The van der Waals surface area contributed by atoms with Crippen LogP contribution in [0.1, 0.15) is 137 Å². The summed E-state index contributed by atoms with van der Waals surface area (Å²) in [5.41, 5.74) is 19.3.